The molecule has 2 atom stereocenters. The molecule has 0 bridgehead atoms. The Morgan fingerprint density at radius 1 is 1.06 bits per heavy atom. The second-order valence-electron chi connectivity index (χ2n) is 8.27. The summed E-state index contributed by atoms with van der Waals surface area (Å²) in [5.74, 6) is -3.37. The van der Waals surface area contributed by atoms with Crippen LogP contribution in [0.4, 0.5) is 8.78 Å². The predicted octanol–water partition coefficient (Wildman–Crippen LogP) is 4.48. The molecular weight excluding hydrogens is 474 g/mol. The van der Waals surface area contributed by atoms with Gasteiger partial charge in [0.05, 0.1) is 12.6 Å². The average molecular weight is 499 g/mol. The first kappa shape index (κ1) is 23.9. The summed E-state index contributed by atoms with van der Waals surface area (Å²) in [5.41, 5.74) is 1.57. The number of rotatable bonds is 5. The van der Waals surface area contributed by atoms with Crippen LogP contribution in [0.2, 0.25) is 5.02 Å². The Labute approximate surface area is 197 Å². The Morgan fingerprint density at radius 3 is 2.39 bits per heavy atom. The first-order valence-corrected chi connectivity index (χ1v) is 12.4. The lowest BCUT2D eigenvalue weighted by Gasteiger charge is -2.48. The monoisotopic (exact) mass is 498 g/mol. The van der Waals surface area contributed by atoms with Gasteiger partial charge in [-0.15, -0.1) is 0 Å². The van der Waals surface area contributed by atoms with E-state index in [2.05, 4.69) is 5.16 Å². The van der Waals surface area contributed by atoms with E-state index in [1.165, 1.54) is 5.01 Å². The maximum absolute atomic E-state index is 14.2. The van der Waals surface area contributed by atoms with Crippen LogP contribution in [0.3, 0.4) is 0 Å². The number of hydrogen-bond donors (Lipinski definition) is 1. The first-order chi connectivity index (χ1) is 15.7. The number of oxime groups is 1. The Kier molecular flexibility index (Phi) is 6.90. The van der Waals surface area contributed by atoms with Gasteiger partial charge in [-0.25, -0.2) is 8.78 Å². The fraction of sp³-hybridized carbons (Fsp3) is 0.409. The highest BCUT2D eigenvalue weighted by molar-refractivity contribution is 7.86. The van der Waals surface area contributed by atoms with Gasteiger partial charge in [-0.3, -0.25) is 5.01 Å². The second kappa shape index (κ2) is 9.54. The Bertz CT molecular complexity index is 1090. The van der Waals surface area contributed by atoms with Crippen molar-refractivity contribution in [3.8, 4) is 0 Å². The Morgan fingerprint density at radius 2 is 1.76 bits per heavy atom. The fourth-order valence-corrected chi connectivity index (χ4v) is 6.62. The summed E-state index contributed by atoms with van der Waals surface area (Å²) in [7, 11) is -4.40. The van der Waals surface area contributed by atoms with Crippen molar-refractivity contribution >= 4 is 28.1 Å². The lowest BCUT2D eigenvalue weighted by Crippen LogP contribution is -2.59. The lowest BCUT2D eigenvalue weighted by atomic mass is 9.83. The number of nitrogens with zero attached hydrogens (tertiary/aromatic N) is 4. The largest absolute Gasteiger partial charge is 0.410 e. The van der Waals surface area contributed by atoms with Crippen molar-refractivity contribution in [2.24, 2.45) is 5.16 Å². The van der Waals surface area contributed by atoms with E-state index >= 15 is 0 Å². The molecule has 1 N–H and O–H groups in total. The van der Waals surface area contributed by atoms with Crippen LogP contribution in [0.15, 0.2) is 59.8 Å². The molecule has 0 aliphatic carbocycles. The van der Waals surface area contributed by atoms with Crippen LogP contribution >= 0.6 is 11.6 Å². The summed E-state index contributed by atoms with van der Waals surface area (Å²) in [4.78, 5) is 0. The predicted molar refractivity (Wildman–Crippen MR) is 121 cm³/mol. The molecule has 2 aliphatic rings. The summed E-state index contributed by atoms with van der Waals surface area (Å²) in [6, 6.07) is 15.5. The quantitative estimate of drug-likeness (QED) is 0.285. The number of hydrogen-bond acceptors (Lipinski definition) is 4. The van der Waals surface area contributed by atoms with Crippen LogP contribution in [0.5, 0.6) is 0 Å². The topological polar surface area (TPSA) is 76.5 Å². The van der Waals surface area contributed by atoms with Crippen molar-refractivity contribution in [3.05, 3.63) is 70.7 Å². The maximum Gasteiger partial charge on any atom is 0.300 e. The molecule has 178 valence electrons. The zero-order valence-corrected chi connectivity index (χ0v) is 19.3. The molecule has 0 saturated carbocycles. The van der Waals surface area contributed by atoms with Crippen LogP contribution in [-0.4, -0.2) is 59.2 Å². The van der Waals surface area contributed by atoms with Gasteiger partial charge in [-0.1, -0.05) is 63.6 Å². The van der Waals surface area contributed by atoms with Crippen molar-refractivity contribution in [2.45, 2.75) is 37.1 Å². The van der Waals surface area contributed by atoms with Gasteiger partial charge in [0.15, 0.2) is 0 Å². The summed E-state index contributed by atoms with van der Waals surface area (Å²) >= 11 is 6.07. The number of alkyl halides is 2. The summed E-state index contributed by atoms with van der Waals surface area (Å²) in [5, 5.41) is 14.0. The number of piperidine rings is 1. The summed E-state index contributed by atoms with van der Waals surface area (Å²) in [6.07, 6.45) is 1.26. The molecule has 0 aromatic heterocycles. The van der Waals surface area contributed by atoms with Gasteiger partial charge in [-0.05, 0) is 36.1 Å². The molecule has 2 unspecified atom stereocenters. The van der Waals surface area contributed by atoms with Crippen molar-refractivity contribution in [2.75, 3.05) is 19.6 Å². The van der Waals surface area contributed by atoms with E-state index in [0.29, 0.717) is 17.0 Å². The highest BCUT2D eigenvalue weighted by atomic mass is 35.5. The molecule has 2 aliphatic heterocycles. The number of halogens is 3. The normalized spacial score (nSPS) is 24.9. The van der Waals surface area contributed by atoms with E-state index in [0.717, 1.165) is 20.6 Å². The minimum absolute atomic E-state index is 0.0120. The summed E-state index contributed by atoms with van der Waals surface area (Å²) < 4.78 is 58.0. The molecule has 2 saturated heterocycles. The van der Waals surface area contributed by atoms with E-state index in [9.17, 15) is 22.4 Å². The van der Waals surface area contributed by atoms with Crippen molar-refractivity contribution in [1.29, 1.82) is 0 Å². The van der Waals surface area contributed by atoms with E-state index in [-0.39, 0.29) is 31.8 Å². The minimum Gasteiger partial charge on any atom is -0.410 e. The molecule has 11 heteroatoms. The Balaban J connectivity index is 1.85. The van der Waals surface area contributed by atoms with Gasteiger partial charge in [-0.2, -0.15) is 12.7 Å². The van der Waals surface area contributed by atoms with Crippen LogP contribution in [-0.2, 0) is 10.2 Å². The zero-order valence-electron chi connectivity index (χ0n) is 17.8. The molecule has 0 spiro atoms. The van der Waals surface area contributed by atoms with E-state index in [4.69, 9.17) is 11.6 Å². The summed E-state index contributed by atoms with van der Waals surface area (Å²) in [6.45, 7) is -0.682. The Hall–Kier alpha value is -2.27. The standard InChI is InChI=1S/C22H25ClF2N4O3S/c23-19-9-7-18(8-10-19)21-20(17-5-2-1-3-6-17)11-14-27(16-26-30)29(21)33(31,32)28-13-4-12-22(24,25)15-28/h1-3,5-10,16,20-21,30H,4,11-15H2. The van der Waals surface area contributed by atoms with Gasteiger partial charge in [0.1, 0.15) is 6.34 Å². The minimum atomic E-state index is -4.40. The van der Waals surface area contributed by atoms with Gasteiger partial charge in [0.25, 0.3) is 16.1 Å². The second-order valence-corrected chi connectivity index (χ2v) is 10.5. The molecule has 4 rings (SSSR count). The highest BCUT2D eigenvalue weighted by Gasteiger charge is 2.49. The van der Waals surface area contributed by atoms with Crippen LogP contribution in [0.25, 0.3) is 0 Å². The van der Waals surface area contributed by atoms with Crippen LogP contribution < -0.4 is 0 Å². The molecular formula is C22H25ClF2N4O3S. The van der Waals surface area contributed by atoms with Crippen molar-refractivity contribution in [3.63, 3.8) is 0 Å². The van der Waals surface area contributed by atoms with Crippen LogP contribution in [0, 0.1) is 0 Å². The van der Waals surface area contributed by atoms with Gasteiger partial charge in [0, 0.05) is 30.5 Å². The average Bonchev–Trinajstić information content (AvgIpc) is 2.79. The number of hydrazine groups is 1. The maximum atomic E-state index is 14.2. The third kappa shape index (κ3) is 4.98. The van der Waals surface area contributed by atoms with E-state index in [1.807, 2.05) is 30.3 Å². The van der Waals surface area contributed by atoms with Gasteiger partial charge >= 0.3 is 0 Å². The molecule has 0 amide bonds. The third-order valence-electron chi connectivity index (χ3n) is 6.09. The third-order valence-corrected chi connectivity index (χ3v) is 8.21. The van der Waals surface area contributed by atoms with Crippen molar-refractivity contribution < 1.29 is 22.4 Å². The zero-order chi connectivity index (χ0) is 23.6. The fourth-order valence-electron chi connectivity index (χ4n) is 4.60. The lowest BCUT2D eigenvalue weighted by molar-refractivity contribution is -0.0490. The van der Waals surface area contributed by atoms with Crippen molar-refractivity contribution in [1.82, 2.24) is 13.7 Å². The molecule has 0 radical (unpaired) electrons. The van der Waals surface area contributed by atoms with Gasteiger partial charge in [0.2, 0.25) is 0 Å². The van der Waals surface area contributed by atoms with E-state index < -0.39 is 28.7 Å². The highest BCUT2D eigenvalue weighted by Crippen LogP contribution is 2.45. The molecule has 2 aromatic carbocycles. The molecule has 33 heavy (non-hydrogen) atoms. The smallest absolute Gasteiger partial charge is 0.300 e. The molecule has 2 fully saturated rings. The van der Waals surface area contributed by atoms with E-state index in [1.54, 1.807) is 24.3 Å². The van der Waals surface area contributed by atoms with Crippen LogP contribution in [0.1, 0.15) is 42.3 Å². The molecule has 7 nitrogen and oxygen atoms in total. The SMILES string of the molecule is O=S(=O)(N1CCCC(F)(F)C1)N1C(c2ccc(Cl)cc2)C(c2ccccc2)CCN1C=NO. The number of benzene rings is 2. The first-order valence-electron chi connectivity index (χ1n) is 10.6. The van der Waals surface area contributed by atoms with Gasteiger partial charge < -0.3 is 5.21 Å². The molecule has 2 aromatic rings. The molecule has 2 heterocycles.